The zero-order valence-corrected chi connectivity index (χ0v) is 17.1. The highest BCUT2D eigenvalue weighted by Crippen LogP contribution is 2.32. The Balaban J connectivity index is 2.49. The Kier molecular flexibility index (Phi) is 8.69. The zero-order valence-electron chi connectivity index (χ0n) is 17.1. The van der Waals surface area contributed by atoms with Crippen LogP contribution in [0.3, 0.4) is 0 Å². The Morgan fingerprint density at radius 2 is 1.76 bits per heavy atom. The SMILES string of the molecule is CCCCCCCCC[C@@H](O)[C@H]1COC(C)(C)N1C(=O)OC(C)(C)C. The van der Waals surface area contributed by atoms with Crippen LogP contribution in [0.15, 0.2) is 0 Å². The number of ether oxygens (including phenoxy) is 2. The maximum atomic E-state index is 12.6. The van der Waals surface area contributed by atoms with Crippen LogP contribution in [0, 0.1) is 0 Å². The first-order chi connectivity index (χ1) is 11.6. The molecule has 5 heteroatoms. The summed E-state index contributed by atoms with van der Waals surface area (Å²) in [7, 11) is 0. The minimum atomic E-state index is -0.756. The number of carbonyl (C=O) groups is 1. The second kappa shape index (κ2) is 9.77. The number of hydrogen-bond donors (Lipinski definition) is 1. The second-order valence-corrected chi connectivity index (χ2v) is 8.65. The zero-order chi connectivity index (χ0) is 19.1. The highest BCUT2D eigenvalue weighted by molar-refractivity contribution is 5.69. The summed E-state index contributed by atoms with van der Waals surface area (Å²) in [5.41, 5.74) is -1.32. The van der Waals surface area contributed by atoms with E-state index < -0.39 is 23.5 Å². The highest BCUT2D eigenvalue weighted by atomic mass is 16.6. The summed E-state index contributed by atoms with van der Waals surface area (Å²) in [6.07, 6.45) is 8.16. The molecule has 0 radical (unpaired) electrons. The predicted octanol–water partition coefficient (Wildman–Crippen LogP) is 4.86. The fourth-order valence-corrected chi connectivity index (χ4v) is 3.29. The molecule has 25 heavy (non-hydrogen) atoms. The largest absolute Gasteiger partial charge is 0.444 e. The maximum Gasteiger partial charge on any atom is 0.412 e. The van der Waals surface area contributed by atoms with Crippen molar-refractivity contribution in [3.63, 3.8) is 0 Å². The molecule has 0 bridgehead atoms. The van der Waals surface area contributed by atoms with Crippen LogP contribution in [0.5, 0.6) is 0 Å². The molecule has 1 rings (SSSR count). The summed E-state index contributed by atoms with van der Waals surface area (Å²) >= 11 is 0. The van der Waals surface area contributed by atoms with Crippen LogP contribution in [0.25, 0.3) is 0 Å². The van der Waals surface area contributed by atoms with E-state index >= 15 is 0 Å². The summed E-state index contributed by atoms with van der Waals surface area (Å²) in [6, 6.07) is -0.343. The van der Waals surface area contributed by atoms with Crippen LogP contribution in [0.4, 0.5) is 4.79 Å². The Bertz CT molecular complexity index is 403. The van der Waals surface area contributed by atoms with Gasteiger partial charge in [-0.05, 0) is 41.0 Å². The first kappa shape index (κ1) is 22.2. The lowest BCUT2D eigenvalue weighted by atomic mass is 10.0. The van der Waals surface area contributed by atoms with Gasteiger partial charge < -0.3 is 14.6 Å². The van der Waals surface area contributed by atoms with Crippen molar-refractivity contribution < 1.29 is 19.4 Å². The number of unbranched alkanes of at least 4 members (excludes halogenated alkanes) is 6. The van der Waals surface area contributed by atoms with Gasteiger partial charge in [0.15, 0.2) is 0 Å². The lowest BCUT2D eigenvalue weighted by molar-refractivity contribution is -0.0681. The van der Waals surface area contributed by atoms with Gasteiger partial charge in [-0.3, -0.25) is 4.90 Å². The summed E-state index contributed by atoms with van der Waals surface area (Å²) < 4.78 is 11.3. The van der Waals surface area contributed by atoms with Gasteiger partial charge in [0, 0.05) is 0 Å². The molecule has 1 aliphatic rings. The highest BCUT2D eigenvalue weighted by Gasteiger charge is 2.48. The van der Waals surface area contributed by atoms with Crippen LogP contribution < -0.4 is 0 Å². The smallest absolute Gasteiger partial charge is 0.412 e. The minimum absolute atomic E-state index is 0.343. The summed E-state index contributed by atoms with van der Waals surface area (Å²) in [6.45, 7) is 11.8. The molecule has 1 fully saturated rings. The molecule has 1 saturated heterocycles. The van der Waals surface area contributed by atoms with Crippen molar-refractivity contribution in [3.05, 3.63) is 0 Å². The van der Waals surface area contributed by atoms with E-state index in [0.717, 1.165) is 12.8 Å². The molecule has 0 saturated carbocycles. The molecular formula is C20H39NO4. The molecule has 1 amide bonds. The Morgan fingerprint density at radius 3 is 2.32 bits per heavy atom. The predicted molar refractivity (Wildman–Crippen MR) is 101 cm³/mol. The monoisotopic (exact) mass is 357 g/mol. The van der Waals surface area contributed by atoms with Gasteiger partial charge in [0.05, 0.1) is 18.8 Å². The third kappa shape index (κ3) is 7.53. The van der Waals surface area contributed by atoms with Gasteiger partial charge in [0.1, 0.15) is 11.3 Å². The van der Waals surface area contributed by atoms with Gasteiger partial charge in [0.25, 0.3) is 0 Å². The van der Waals surface area contributed by atoms with Crippen molar-refractivity contribution in [1.82, 2.24) is 4.90 Å². The number of rotatable bonds is 9. The molecule has 0 aromatic heterocycles. The number of hydrogen-bond acceptors (Lipinski definition) is 4. The van der Waals surface area contributed by atoms with Gasteiger partial charge in [-0.2, -0.15) is 0 Å². The summed E-state index contributed by atoms with van der Waals surface area (Å²) in [5.74, 6) is 0. The van der Waals surface area contributed by atoms with E-state index in [1.807, 2.05) is 34.6 Å². The van der Waals surface area contributed by atoms with E-state index in [-0.39, 0.29) is 6.04 Å². The van der Waals surface area contributed by atoms with Crippen LogP contribution in [0.1, 0.15) is 92.9 Å². The standard InChI is InChI=1S/C20H39NO4/c1-7-8-9-10-11-12-13-14-17(22)16-15-24-20(5,6)21(16)18(23)25-19(2,3)4/h16-17,22H,7-15H2,1-6H3/t16-,17-/m1/s1. The van der Waals surface area contributed by atoms with Crippen LogP contribution in [0.2, 0.25) is 0 Å². The number of nitrogens with zero attached hydrogens (tertiary/aromatic N) is 1. The van der Waals surface area contributed by atoms with E-state index in [1.54, 1.807) is 4.90 Å². The van der Waals surface area contributed by atoms with Crippen LogP contribution >= 0.6 is 0 Å². The molecule has 0 aliphatic carbocycles. The average molecular weight is 358 g/mol. The molecule has 5 nitrogen and oxygen atoms in total. The lowest BCUT2D eigenvalue weighted by Crippen LogP contribution is -2.53. The molecule has 148 valence electrons. The summed E-state index contributed by atoms with van der Waals surface area (Å²) in [5, 5.41) is 10.6. The third-order valence-electron chi connectivity index (χ3n) is 4.66. The van der Waals surface area contributed by atoms with Crippen molar-refractivity contribution in [2.45, 2.75) is 116 Å². The topological polar surface area (TPSA) is 59.0 Å². The van der Waals surface area contributed by atoms with Crippen molar-refractivity contribution in [2.24, 2.45) is 0 Å². The molecule has 1 N–H and O–H groups in total. The fourth-order valence-electron chi connectivity index (χ4n) is 3.29. The van der Waals surface area contributed by atoms with E-state index in [4.69, 9.17) is 9.47 Å². The van der Waals surface area contributed by atoms with Crippen LogP contribution in [-0.4, -0.2) is 46.2 Å². The van der Waals surface area contributed by atoms with Gasteiger partial charge >= 0.3 is 6.09 Å². The normalized spacial score (nSPS) is 21.4. The number of amides is 1. The van der Waals surface area contributed by atoms with Crippen molar-refractivity contribution in [3.8, 4) is 0 Å². The van der Waals surface area contributed by atoms with E-state index in [0.29, 0.717) is 13.0 Å². The van der Waals surface area contributed by atoms with E-state index in [2.05, 4.69) is 6.92 Å². The Morgan fingerprint density at radius 1 is 1.20 bits per heavy atom. The second-order valence-electron chi connectivity index (χ2n) is 8.65. The number of aliphatic hydroxyl groups is 1. The number of carbonyl (C=O) groups excluding carboxylic acids is 1. The van der Waals surface area contributed by atoms with Crippen molar-refractivity contribution in [2.75, 3.05) is 6.61 Å². The first-order valence-corrected chi connectivity index (χ1v) is 9.93. The fraction of sp³-hybridized carbons (Fsp3) is 0.950. The molecule has 0 aromatic carbocycles. The first-order valence-electron chi connectivity index (χ1n) is 9.93. The molecule has 1 aliphatic heterocycles. The van der Waals surface area contributed by atoms with Gasteiger partial charge in [-0.25, -0.2) is 4.79 Å². The lowest BCUT2D eigenvalue weighted by Gasteiger charge is -2.36. The molecule has 1 heterocycles. The van der Waals surface area contributed by atoms with E-state index in [1.165, 1.54) is 32.1 Å². The van der Waals surface area contributed by atoms with Crippen molar-refractivity contribution in [1.29, 1.82) is 0 Å². The molecule has 0 unspecified atom stereocenters. The van der Waals surface area contributed by atoms with Crippen LogP contribution in [-0.2, 0) is 9.47 Å². The van der Waals surface area contributed by atoms with E-state index in [9.17, 15) is 9.90 Å². The third-order valence-corrected chi connectivity index (χ3v) is 4.66. The molecular weight excluding hydrogens is 318 g/mol. The maximum absolute atomic E-state index is 12.6. The van der Waals surface area contributed by atoms with Gasteiger partial charge in [0.2, 0.25) is 0 Å². The number of aliphatic hydroxyl groups excluding tert-OH is 1. The molecule has 2 atom stereocenters. The summed E-state index contributed by atoms with van der Waals surface area (Å²) in [4.78, 5) is 14.2. The molecule has 0 spiro atoms. The Labute approximate surface area is 154 Å². The van der Waals surface area contributed by atoms with Gasteiger partial charge in [-0.15, -0.1) is 0 Å². The van der Waals surface area contributed by atoms with Gasteiger partial charge in [-0.1, -0.05) is 51.9 Å². The minimum Gasteiger partial charge on any atom is -0.444 e. The molecule has 0 aromatic rings. The average Bonchev–Trinajstić information content (AvgIpc) is 2.80. The Hall–Kier alpha value is -0.810. The van der Waals surface area contributed by atoms with Crippen molar-refractivity contribution >= 4 is 6.09 Å². The quantitative estimate of drug-likeness (QED) is 0.599.